The first-order chi connectivity index (χ1) is 9.47. The van der Waals surface area contributed by atoms with Gasteiger partial charge in [0.1, 0.15) is 5.75 Å². The van der Waals surface area contributed by atoms with E-state index in [1.807, 2.05) is 24.3 Å². The Morgan fingerprint density at radius 3 is 2.50 bits per heavy atom. The molecular weight excluding hydrogens is 361 g/mol. The molecule has 0 saturated heterocycles. The number of hydrogen-bond donors (Lipinski definition) is 2. The number of phenols is 1. The molecule has 2 rings (SSSR count). The van der Waals surface area contributed by atoms with Gasteiger partial charge in [-0.3, -0.25) is 0 Å². The lowest BCUT2D eigenvalue weighted by Gasteiger charge is -2.15. The van der Waals surface area contributed by atoms with Gasteiger partial charge in [-0.2, -0.15) is 0 Å². The molecule has 0 fully saturated rings. The first-order valence-corrected chi connectivity index (χ1v) is 7.68. The van der Waals surface area contributed by atoms with Crippen LogP contribution in [0.25, 0.3) is 0 Å². The summed E-state index contributed by atoms with van der Waals surface area (Å²) in [6.07, 6.45) is 0. The van der Waals surface area contributed by atoms with Crippen molar-refractivity contribution < 1.29 is 5.11 Å². The Hall–Kier alpha value is -0.740. The van der Waals surface area contributed by atoms with Gasteiger partial charge >= 0.3 is 0 Å². The number of rotatable bonds is 4. The minimum absolute atomic E-state index is 0.0755. The van der Waals surface area contributed by atoms with Gasteiger partial charge in [-0.1, -0.05) is 51.3 Å². The molecule has 1 atom stereocenters. The third-order valence-electron chi connectivity index (χ3n) is 3.08. The zero-order valence-corrected chi connectivity index (χ0v) is 13.9. The van der Waals surface area contributed by atoms with Crippen LogP contribution in [0.3, 0.4) is 0 Å². The Bertz CT molecular complexity index is 602. The molecule has 0 aliphatic carbocycles. The second kappa shape index (κ2) is 6.81. The van der Waals surface area contributed by atoms with Gasteiger partial charge in [-0.05, 0) is 36.8 Å². The molecule has 0 aliphatic rings. The standard InChI is InChI=1S/C15H14BrCl2NO/c1-9(10-2-4-12(16)5-3-10)19-8-11-6-13(17)7-14(18)15(11)20/h2-7,9,19-20H,8H2,1H3/t9-/m0/s1. The van der Waals surface area contributed by atoms with E-state index in [4.69, 9.17) is 23.2 Å². The molecule has 0 radical (unpaired) electrons. The maximum atomic E-state index is 9.91. The van der Waals surface area contributed by atoms with Crippen LogP contribution in [0, 0.1) is 0 Å². The van der Waals surface area contributed by atoms with Crippen LogP contribution in [-0.2, 0) is 6.54 Å². The average molecular weight is 375 g/mol. The van der Waals surface area contributed by atoms with Crippen molar-refractivity contribution >= 4 is 39.1 Å². The summed E-state index contributed by atoms with van der Waals surface area (Å²) >= 11 is 15.3. The largest absolute Gasteiger partial charge is 0.506 e. The molecule has 20 heavy (non-hydrogen) atoms. The SMILES string of the molecule is C[C@H](NCc1cc(Cl)cc(Cl)c1O)c1ccc(Br)cc1. The predicted octanol–water partition coefficient (Wildman–Crippen LogP) is 5.31. The van der Waals surface area contributed by atoms with Crippen molar-refractivity contribution in [1.82, 2.24) is 5.32 Å². The van der Waals surface area contributed by atoms with E-state index in [2.05, 4.69) is 28.2 Å². The summed E-state index contributed by atoms with van der Waals surface area (Å²) < 4.78 is 1.05. The van der Waals surface area contributed by atoms with Crippen LogP contribution in [0.4, 0.5) is 0 Å². The first kappa shape index (κ1) is 15.6. The number of halogens is 3. The van der Waals surface area contributed by atoms with E-state index in [1.54, 1.807) is 6.07 Å². The third kappa shape index (κ3) is 3.89. The summed E-state index contributed by atoms with van der Waals surface area (Å²) in [5.74, 6) is 0.0755. The normalized spacial score (nSPS) is 12.4. The van der Waals surface area contributed by atoms with Crippen molar-refractivity contribution in [3.05, 3.63) is 62.0 Å². The van der Waals surface area contributed by atoms with Crippen LogP contribution in [-0.4, -0.2) is 5.11 Å². The highest BCUT2D eigenvalue weighted by atomic mass is 79.9. The molecule has 2 aromatic carbocycles. The second-order valence-corrected chi connectivity index (χ2v) is 6.31. The quantitative estimate of drug-likeness (QED) is 0.759. The summed E-state index contributed by atoms with van der Waals surface area (Å²) in [4.78, 5) is 0. The predicted molar refractivity (Wildman–Crippen MR) is 87.5 cm³/mol. The number of benzene rings is 2. The highest BCUT2D eigenvalue weighted by Gasteiger charge is 2.10. The number of phenolic OH excluding ortho intramolecular Hbond substituents is 1. The van der Waals surface area contributed by atoms with Crippen LogP contribution in [0.5, 0.6) is 5.75 Å². The van der Waals surface area contributed by atoms with Crippen molar-refractivity contribution in [2.45, 2.75) is 19.5 Å². The summed E-state index contributed by atoms with van der Waals surface area (Å²) in [5, 5.41) is 14.0. The monoisotopic (exact) mass is 373 g/mol. The molecule has 5 heteroatoms. The maximum absolute atomic E-state index is 9.91. The fourth-order valence-corrected chi connectivity index (χ4v) is 2.69. The highest BCUT2D eigenvalue weighted by Crippen LogP contribution is 2.31. The fourth-order valence-electron chi connectivity index (χ4n) is 1.89. The molecule has 0 aromatic heterocycles. The van der Waals surface area contributed by atoms with Gasteiger partial charge in [0.05, 0.1) is 5.02 Å². The Morgan fingerprint density at radius 1 is 1.20 bits per heavy atom. The van der Waals surface area contributed by atoms with Gasteiger partial charge in [0.25, 0.3) is 0 Å². The molecule has 2 aromatic rings. The van der Waals surface area contributed by atoms with Gasteiger partial charge in [0.2, 0.25) is 0 Å². The minimum atomic E-state index is 0.0755. The molecule has 0 aliphatic heterocycles. The Labute approximate surface area is 136 Å². The van der Waals surface area contributed by atoms with E-state index >= 15 is 0 Å². The third-order valence-corrected chi connectivity index (χ3v) is 4.11. The lowest BCUT2D eigenvalue weighted by Crippen LogP contribution is -2.18. The summed E-state index contributed by atoms with van der Waals surface area (Å²) in [5.41, 5.74) is 1.85. The van der Waals surface area contributed by atoms with Crippen molar-refractivity contribution in [3.8, 4) is 5.75 Å². The van der Waals surface area contributed by atoms with Gasteiger partial charge in [0, 0.05) is 27.6 Å². The molecular formula is C15H14BrCl2NO. The molecule has 106 valence electrons. The zero-order valence-electron chi connectivity index (χ0n) is 10.8. The lowest BCUT2D eigenvalue weighted by molar-refractivity contribution is 0.460. The first-order valence-electron chi connectivity index (χ1n) is 6.13. The van der Waals surface area contributed by atoms with E-state index in [0.717, 1.165) is 4.47 Å². The van der Waals surface area contributed by atoms with E-state index in [1.165, 1.54) is 11.6 Å². The molecule has 2 N–H and O–H groups in total. The van der Waals surface area contributed by atoms with Crippen LogP contribution in [0.15, 0.2) is 40.9 Å². The maximum Gasteiger partial charge on any atom is 0.138 e. The Morgan fingerprint density at radius 2 is 1.85 bits per heavy atom. The molecule has 0 unspecified atom stereocenters. The highest BCUT2D eigenvalue weighted by molar-refractivity contribution is 9.10. The summed E-state index contributed by atoms with van der Waals surface area (Å²) in [6, 6.07) is 11.5. The average Bonchev–Trinajstić information content (AvgIpc) is 2.41. The smallest absolute Gasteiger partial charge is 0.138 e. The number of aromatic hydroxyl groups is 1. The number of hydrogen-bond acceptors (Lipinski definition) is 2. The van der Waals surface area contributed by atoms with E-state index in [9.17, 15) is 5.11 Å². The van der Waals surface area contributed by atoms with E-state index in [0.29, 0.717) is 17.1 Å². The van der Waals surface area contributed by atoms with Crippen LogP contribution in [0.1, 0.15) is 24.1 Å². The molecule has 0 amide bonds. The van der Waals surface area contributed by atoms with Crippen LogP contribution in [0.2, 0.25) is 10.0 Å². The van der Waals surface area contributed by atoms with Crippen LogP contribution < -0.4 is 5.32 Å². The Balaban J connectivity index is 2.07. The van der Waals surface area contributed by atoms with E-state index < -0.39 is 0 Å². The lowest BCUT2D eigenvalue weighted by atomic mass is 10.1. The summed E-state index contributed by atoms with van der Waals surface area (Å²) in [7, 11) is 0. The van der Waals surface area contributed by atoms with Gasteiger partial charge in [-0.25, -0.2) is 0 Å². The van der Waals surface area contributed by atoms with Crippen molar-refractivity contribution in [3.63, 3.8) is 0 Å². The number of nitrogens with one attached hydrogen (secondary N) is 1. The summed E-state index contributed by atoms with van der Waals surface area (Å²) in [6.45, 7) is 2.55. The van der Waals surface area contributed by atoms with Crippen LogP contribution >= 0.6 is 39.1 Å². The molecule has 0 saturated carbocycles. The molecule has 0 bridgehead atoms. The second-order valence-electron chi connectivity index (χ2n) is 4.55. The van der Waals surface area contributed by atoms with E-state index in [-0.39, 0.29) is 16.8 Å². The minimum Gasteiger partial charge on any atom is -0.506 e. The van der Waals surface area contributed by atoms with Gasteiger partial charge in [0.15, 0.2) is 0 Å². The fraction of sp³-hybridized carbons (Fsp3) is 0.200. The zero-order chi connectivity index (χ0) is 14.7. The van der Waals surface area contributed by atoms with Gasteiger partial charge in [-0.15, -0.1) is 0 Å². The molecule has 0 spiro atoms. The van der Waals surface area contributed by atoms with Crippen molar-refractivity contribution in [1.29, 1.82) is 0 Å². The Kier molecular flexibility index (Phi) is 5.33. The molecule has 2 nitrogen and oxygen atoms in total. The van der Waals surface area contributed by atoms with Crippen molar-refractivity contribution in [2.24, 2.45) is 0 Å². The topological polar surface area (TPSA) is 32.3 Å². The van der Waals surface area contributed by atoms with Gasteiger partial charge < -0.3 is 10.4 Å². The molecule has 0 heterocycles. The van der Waals surface area contributed by atoms with Crippen molar-refractivity contribution in [2.75, 3.05) is 0 Å².